The summed E-state index contributed by atoms with van der Waals surface area (Å²) in [5.74, 6) is -0.397. The third-order valence-corrected chi connectivity index (χ3v) is 7.75. The van der Waals surface area contributed by atoms with Crippen LogP contribution in [0.4, 0.5) is 0 Å². The van der Waals surface area contributed by atoms with Crippen molar-refractivity contribution in [2.45, 2.75) is 116 Å². The SMILES string of the molecule is CC/C=C\C/C=C\C/C=C\C/C=C\C/C=C\CCCCCCCCCCCC(=O)OCC(O)COP(=O)([O-])OCC[N+](C)(C)C. The Morgan fingerprint density at radius 2 is 1.18 bits per heavy atom. The standard InChI is InChI=1S/C36H64NO7P/c1-5-6-7-8-9-10-11-12-13-14-15-16-17-18-19-20-21-22-23-24-25-26-27-28-29-30-36(39)42-33-35(38)34-44-45(40,41)43-32-31-37(2,3)4/h6-7,9-10,12-13,15-16,18-19,35,38H,5,8,11,14,17,20-34H2,1-4H3/b7-6-,10-9-,13-12-,16-15-,19-18-. The van der Waals surface area contributed by atoms with Gasteiger partial charge in [-0.1, -0.05) is 113 Å². The van der Waals surface area contributed by atoms with E-state index in [0.717, 1.165) is 57.8 Å². The van der Waals surface area contributed by atoms with Crippen molar-refractivity contribution in [3.8, 4) is 0 Å². The van der Waals surface area contributed by atoms with Gasteiger partial charge in [0.1, 0.15) is 25.9 Å². The smallest absolute Gasteiger partial charge is 0.305 e. The molecule has 0 heterocycles. The van der Waals surface area contributed by atoms with Crippen molar-refractivity contribution in [3.63, 3.8) is 0 Å². The highest BCUT2D eigenvalue weighted by Crippen LogP contribution is 2.38. The largest absolute Gasteiger partial charge is 0.756 e. The lowest BCUT2D eigenvalue weighted by Crippen LogP contribution is -2.37. The molecule has 0 aromatic rings. The van der Waals surface area contributed by atoms with Crippen LogP contribution in [0.2, 0.25) is 0 Å². The number of carbonyl (C=O) groups is 1. The second kappa shape index (κ2) is 29.6. The van der Waals surface area contributed by atoms with Crippen LogP contribution in [0.25, 0.3) is 0 Å². The number of quaternary nitrogens is 1. The van der Waals surface area contributed by atoms with Gasteiger partial charge < -0.3 is 28.3 Å². The first-order valence-corrected chi connectivity index (χ1v) is 18.5. The van der Waals surface area contributed by atoms with Gasteiger partial charge in [0.05, 0.1) is 27.7 Å². The van der Waals surface area contributed by atoms with Crippen LogP contribution in [0.15, 0.2) is 60.8 Å². The van der Waals surface area contributed by atoms with Crippen LogP contribution in [0.5, 0.6) is 0 Å². The molecule has 0 aliphatic rings. The summed E-state index contributed by atoms with van der Waals surface area (Å²) in [6.45, 7) is 1.81. The van der Waals surface area contributed by atoms with E-state index in [1.807, 2.05) is 21.1 Å². The Hall–Kier alpha value is -1.80. The summed E-state index contributed by atoms with van der Waals surface area (Å²) >= 11 is 0. The zero-order chi connectivity index (χ0) is 33.5. The minimum absolute atomic E-state index is 0.0121. The molecule has 0 radical (unpaired) electrons. The van der Waals surface area contributed by atoms with Gasteiger partial charge in [-0.25, -0.2) is 0 Å². The summed E-state index contributed by atoms with van der Waals surface area (Å²) in [5, 5.41) is 9.85. The maximum absolute atomic E-state index is 11.9. The number of esters is 1. The molecule has 0 saturated carbocycles. The molecule has 2 atom stereocenters. The molecule has 0 fully saturated rings. The van der Waals surface area contributed by atoms with Crippen molar-refractivity contribution >= 4 is 13.8 Å². The molecule has 0 amide bonds. The number of phosphoric acid groups is 1. The first-order valence-electron chi connectivity index (χ1n) is 17.0. The molecule has 0 aromatic carbocycles. The van der Waals surface area contributed by atoms with Crippen LogP contribution >= 0.6 is 7.82 Å². The fourth-order valence-electron chi connectivity index (χ4n) is 4.09. The van der Waals surface area contributed by atoms with E-state index in [2.05, 4.69) is 72.2 Å². The van der Waals surface area contributed by atoms with E-state index < -0.39 is 26.5 Å². The zero-order valence-electron chi connectivity index (χ0n) is 28.8. The van der Waals surface area contributed by atoms with Gasteiger partial charge in [-0.3, -0.25) is 9.36 Å². The first-order chi connectivity index (χ1) is 21.6. The fourth-order valence-corrected chi connectivity index (χ4v) is 4.82. The molecular formula is C36H64NO7P. The van der Waals surface area contributed by atoms with Gasteiger partial charge in [0.2, 0.25) is 0 Å². The van der Waals surface area contributed by atoms with Crippen LogP contribution < -0.4 is 4.89 Å². The lowest BCUT2D eigenvalue weighted by Gasteiger charge is -2.27. The molecule has 0 saturated heterocycles. The predicted molar refractivity (Wildman–Crippen MR) is 185 cm³/mol. The molecule has 0 rings (SSSR count). The predicted octanol–water partition coefficient (Wildman–Crippen LogP) is 8.14. The Balaban J connectivity index is 3.55. The van der Waals surface area contributed by atoms with Gasteiger partial charge in [0, 0.05) is 6.42 Å². The Bertz CT molecular complexity index is 906. The highest BCUT2D eigenvalue weighted by molar-refractivity contribution is 7.45. The third kappa shape index (κ3) is 34.9. The van der Waals surface area contributed by atoms with Crippen LogP contribution in [-0.4, -0.2) is 69.2 Å². The number of nitrogens with zero attached hydrogens (tertiary/aromatic N) is 1. The molecule has 2 unspecified atom stereocenters. The molecule has 45 heavy (non-hydrogen) atoms. The van der Waals surface area contributed by atoms with Crippen molar-refractivity contribution in [3.05, 3.63) is 60.8 Å². The van der Waals surface area contributed by atoms with Gasteiger partial charge in [-0.2, -0.15) is 0 Å². The number of allylic oxidation sites excluding steroid dienone is 10. The lowest BCUT2D eigenvalue weighted by atomic mass is 10.1. The van der Waals surface area contributed by atoms with Gasteiger partial charge in [-0.15, -0.1) is 0 Å². The van der Waals surface area contributed by atoms with Crippen LogP contribution in [-0.2, 0) is 23.1 Å². The Morgan fingerprint density at radius 3 is 1.69 bits per heavy atom. The lowest BCUT2D eigenvalue weighted by molar-refractivity contribution is -0.870. The second-order valence-corrected chi connectivity index (χ2v) is 13.8. The van der Waals surface area contributed by atoms with E-state index in [-0.39, 0.29) is 19.6 Å². The number of unbranched alkanes of at least 4 members (excludes halogenated alkanes) is 9. The van der Waals surface area contributed by atoms with Crippen molar-refractivity contribution in [1.82, 2.24) is 0 Å². The molecule has 8 nitrogen and oxygen atoms in total. The van der Waals surface area contributed by atoms with Crippen molar-refractivity contribution in [2.24, 2.45) is 0 Å². The monoisotopic (exact) mass is 653 g/mol. The number of carbonyl (C=O) groups excluding carboxylic acids is 1. The van der Waals surface area contributed by atoms with Gasteiger partial charge in [0.15, 0.2) is 0 Å². The molecule has 0 aromatic heterocycles. The summed E-state index contributed by atoms with van der Waals surface area (Å²) in [4.78, 5) is 23.6. The van der Waals surface area contributed by atoms with E-state index in [1.54, 1.807) is 0 Å². The number of phosphoric ester groups is 1. The van der Waals surface area contributed by atoms with Gasteiger partial charge >= 0.3 is 5.97 Å². The number of hydrogen-bond acceptors (Lipinski definition) is 7. The quantitative estimate of drug-likeness (QED) is 0.0274. The minimum Gasteiger partial charge on any atom is -0.756 e. The first kappa shape index (κ1) is 43.2. The highest BCUT2D eigenvalue weighted by atomic mass is 31.2. The topological polar surface area (TPSA) is 105 Å². The van der Waals surface area contributed by atoms with Crippen molar-refractivity contribution in [1.29, 1.82) is 0 Å². The maximum atomic E-state index is 11.9. The minimum atomic E-state index is -4.50. The Morgan fingerprint density at radius 1 is 0.711 bits per heavy atom. The molecule has 0 aliphatic carbocycles. The third-order valence-electron chi connectivity index (χ3n) is 6.78. The molecular weight excluding hydrogens is 589 g/mol. The van der Waals surface area contributed by atoms with Crippen LogP contribution in [0, 0.1) is 0 Å². The van der Waals surface area contributed by atoms with Crippen LogP contribution in [0.1, 0.15) is 110 Å². The second-order valence-electron chi connectivity index (χ2n) is 12.4. The average molecular weight is 654 g/mol. The summed E-state index contributed by atoms with van der Waals surface area (Å²) in [6, 6.07) is 0. The summed E-state index contributed by atoms with van der Waals surface area (Å²) in [6.07, 6.45) is 37.9. The molecule has 0 spiro atoms. The van der Waals surface area contributed by atoms with Crippen LogP contribution in [0.3, 0.4) is 0 Å². The van der Waals surface area contributed by atoms with E-state index in [1.165, 1.54) is 38.5 Å². The Labute approximate surface area is 275 Å². The normalized spacial score (nSPS) is 14.9. The maximum Gasteiger partial charge on any atom is 0.305 e. The number of rotatable bonds is 30. The summed E-state index contributed by atoms with van der Waals surface area (Å²) in [5.41, 5.74) is 0. The number of hydrogen-bond donors (Lipinski definition) is 1. The average Bonchev–Trinajstić information content (AvgIpc) is 2.98. The molecule has 260 valence electrons. The van der Waals surface area contributed by atoms with Gasteiger partial charge in [-0.05, 0) is 51.4 Å². The highest BCUT2D eigenvalue weighted by Gasteiger charge is 2.16. The van der Waals surface area contributed by atoms with Crippen molar-refractivity contribution in [2.75, 3.05) is 47.5 Å². The molecule has 0 aliphatic heterocycles. The summed E-state index contributed by atoms with van der Waals surface area (Å²) in [7, 11) is 1.24. The van der Waals surface area contributed by atoms with Crippen molar-refractivity contribution < 1.29 is 37.6 Å². The zero-order valence-corrected chi connectivity index (χ0v) is 29.7. The number of aliphatic hydroxyl groups excluding tert-OH is 1. The van der Waals surface area contributed by atoms with E-state index in [0.29, 0.717) is 11.0 Å². The number of likely N-dealkylation sites (N-methyl/N-ethyl adjacent to an activating group) is 1. The molecule has 9 heteroatoms. The van der Waals surface area contributed by atoms with Gasteiger partial charge in [0.25, 0.3) is 7.82 Å². The molecule has 0 bridgehead atoms. The number of aliphatic hydroxyl groups is 1. The van der Waals surface area contributed by atoms with E-state index in [4.69, 9.17) is 9.26 Å². The fraction of sp³-hybridized carbons (Fsp3) is 0.694. The number of ether oxygens (including phenoxy) is 1. The van der Waals surface area contributed by atoms with E-state index in [9.17, 15) is 19.4 Å². The van der Waals surface area contributed by atoms with E-state index >= 15 is 0 Å². The molecule has 1 N–H and O–H groups in total. The summed E-state index contributed by atoms with van der Waals surface area (Å²) < 4.78 is 26.8. The Kier molecular flexibility index (Phi) is 28.4.